The number of hydrogen-bond acceptors (Lipinski definition) is 2. The van der Waals surface area contributed by atoms with Gasteiger partial charge in [-0.25, -0.2) is 0 Å². The minimum absolute atomic E-state index is 0.0938. The van der Waals surface area contributed by atoms with Crippen molar-refractivity contribution in [3.63, 3.8) is 0 Å². The fourth-order valence-corrected chi connectivity index (χ4v) is 2.83. The van der Waals surface area contributed by atoms with Gasteiger partial charge in [-0.15, -0.1) is 0 Å². The number of rotatable bonds is 5. The van der Waals surface area contributed by atoms with Crippen LogP contribution in [-0.4, -0.2) is 30.4 Å². The Balaban J connectivity index is 2.14. The molecule has 1 aromatic carbocycles. The highest BCUT2D eigenvalue weighted by atomic mass is 35.5. The van der Waals surface area contributed by atoms with E-state index in [4.69, 9.17) is 11.6 Å². The van der Waals surface area contributed by atoms with Crippen LogP contribution < -0.4 is 5.32 Å². The largest absolute Gasteiger partial charge is 0.354 e. The van der Waals surface area contributed by atoms with Crippen LogP contribution in [0.5, 0.6) is 0 Å². The maximum atomic E-state index is 11.5. The van der Waals surface area contributed by atoms with E-state index >= 15 is 0 Å². The summed E-state index contributed by atoms with van der Waals surface area (Å²) in [6.07, 6.45) is 2.97. The first kappa shape index (κ1) is 14.4. The standard InChI is InChI=1S/C15H21ClN2O/c1-2-15(19)17-11-14(18-9-5-6-10-18)12-7-3-4-8-13(12)16/h3-4,7-8,14H,2,5-6,9-11H2,1H3,(H,17,19)/t14-/m0/s1. The molecule has 0 aromatic heterocycles. The van der Waals surface area contributed by atoms with Crippen LogP contribution in [0.3, 0.4) is 0 Å². The molecule has 0 saturated carbocycles. The van der Waals surface area contributed by atoms with Crippen molar-refractivity contribution < 1.29 is 4.79 Å². The highest BCUT2D eigenvalue weighted by molar-refractivity contribution is 6.31. The molecule has 1 N–H and O–H groups in total. The van der Waals surface area contributed by atoms with Gasteiger partial charge in [0.2, 0.25) is 5.91 Å². The van der Waals surface area contributed by atoms with Gasteiger partial charge in [-0.2, -0.15) is 0 Å². The number of halogens is 1. The zero-order valence-electron chi connectivity index (χ0n) is 11.4. The number of carbonyl (C=O) groups is 1. The van der Waals surface area contributed by atoms with Gasteiger partial charge in [0.05, 0.1) is 6.04 Å². The summed E-state index contributed by atoms with van der Waals surface area (Å²) in [7, 11) is 0. The Morgan fingerprint density at radius 3 is 2.68 bits per heavy atom. The van der Waals surface area contributed by atoms with E-state index < -0.39 is 0 Å². The quantitative estimate of drug-likeness (QED) is 0.899. The van der Waals surface area contributed by atoms with Crippen LogP contribution in [0.2, 0.25) is 5.02 Å². The number of amides is 1. The van der Waals surface area contributed by atoms with Crippen LogP contribution >= 0.6 is 11.6 Å². The van der Waals surface area contributed by atoms with Crippen molar-refractivity contribution in [3.05, 3.63) is 34.9 Å². The molecule has 1 heterocycles. The molecule has 3 nitrogen and oxygen atoms in total. The average molecular weight is 281 g/mol. The smallest absolute Gasteiger partial charge is 0.219 e. The molecule has 1 aliphatic rings. The summed E-state index contributed by atoms with van der Waals surface area (Å²) in [4.78, 5) is 13.9. The second kappa shape index (κ2) is 6.92. The third kappa shape index (κ3) is 3.71. The average Bonchev–Trinajstić information content (AvgIpc) is 2.94. The molecule has 2 rings (SSSR count). The lowest BCUT2D eigenvalue weighted by Gasteiger charge is -2.28. The van der Waals surface area contributed by atoms with Crippen molar-refractivity contribution in [3.8, 4) is 0 Å². The first-order chi connectivity index (χ1) is 9.22. The summed E-state index contributed by atoms with van der Waals surface area (Å²) < 4.78 is 0. The van der Waals surface area contributed by atoms with Crippen LogP contribution in [0.1, 0.15) is 37.8 Å². The summed E-state index contributed by atoms with van der Waals surface area (Å²) in [5, 5.41) is 3.78. The molecule has 0 radical (unpaired) electrons. The van der Waals surface area contributed by atoms with Gasteiger partial charge >= 0.3 is 0 Å². The summed E-state index contributed by atoms with van der Waals surface area (Å²) >= 11 is 6.31. The predicted octanol–water partition coefficient (Wildman–Crippen LogP) is 3.00. The van der Waals surface area contributed by atoms with Gasteiger partial charge in [0, 0.05) is 18.0 Å². The fourth-order valence-electron chi connectivity index (χ4n) is 2.57. The Hall–Kier alpha value is -1.06. The SMILES string of the molecule is CCC(=O)NC[C@@H](c1ccccc1Cl)N1CCCC1. The van der Waals surface area contributed by atoms with Crippen LogP contribution in [0.4, 0.5) is 0 Å². The molecule has 1 saturated heterocycles. The maximum Gasteiger partial charge on any atom is 0.219 e. The lowest BCUT2D eigenvalue weighted by molar-refractivity contribution is -0.121. The van der Waals surface area contributed by atoms with Gasteiger partial charge in [0.25, 0.3) is 0 Å². The van der Waals surface area contributed by atoms with E-state index in [2.05, 4.69) is 16.3 Å². The monoisotopic (exact) mass is 280 g/mol. The molecule has 0 unspecified atom stereocenters. The molecule has 1 fully saturated rings. The minimum atomic E-state index is 0.0938. The highest BCUT2D eigenvalue weighted by Crippen LogP contribution is 2.29. The Labute approximate surface area is 119 Å². The van der Waals surface area contributed by atoms with E-state index in [9.17, 15) is 4.79 Å². The van der Waals surface area contributed by atoms with Crippen LogP contribution in [0, 0.1) is 0 Å². The number of nitrogens with zero attached hydrogens (tertiary/aromatic N) is 1. The second-order valence-corrected chi connectivity index (χ2v) is 5.35. The molecular weight excluding hydrogens is 260 g/mol. The number of benzene rings is 1. The van der Waals surface area contributed by atoms with E-state index in [0.717, 1.165) is 23.7 Å². The second-order valence-electron chi connectivity index (χ2n) is 4.94. The number of likely N-dealkylation sites (tertiary alicyclic amines) is 1. The molecule has 1 atom stereocenters. The zero-order valence-corrected chi connectivity index (χ0v) is 12.1. The van der Waals surface area contributed by atoms with E-state index in [1.807, 2.05) is 25.1 Å². The molecule has 0 spiro atoms. The Bertz CT molecular complexity index is 430. The molecular formula is C15H21ClN2O. The molecule has 1 amide bonds. The first-order valence-corrected chi connectivity index (χ1v) is 7.35. The first-order valence-electron chi connectivity index (χ1n) is 6.97. The summed E-state index contributed by atoms with van der Waals surface area (Å²) in [5.74, 6) is 0.0938. The lowest BCUT2D eigenvalue weighted by Crippen LogP contribution is -2.36. The van der Waals surface area contributed by atoms with E-state index in [1.165, 1.54) is 12.8 Å². The van der Waals surface area contributed by atoms with Crippen molar-refractivity contribution in [2.24, 2.45) is 0 Å². The van der Waals surface area contributed by atoms with Gasteiger partial charge < -0.3 is 5.32 Å². The topological polar surface area (TPSA) is 32.3 Å². The summed E-state index contributed by atoms with van der Waals surface area (Å²) in [5.41, 5.74) is 1.11. The minimum Gasteiger partial charge on any atom is -0.354 e. The fraction of sp³-hybridized carbons (Fsp3) is 0.533. The van der Waals surface area contributed by atoms with Gasteiger partial charge in [0.15, 0.2) is 0 Å². The third-order valence-electron chi connectivity index (χ3n) is 3.66. The summed E-state index contributed by atoms with van der Waals surface area (Å²) in [6.45, 7) is 4.67. The van der Waals surface area contributed by atoms with E-state index in [1.54, 1.807) is 0 Å². The Morgan fingerprint density at radius 1 is 1.37 bits per heavy atom. The zero-order chi connectivity index (χ0) is 13.7. The molecule has 1 aliphatic heterocycles. The molecule has 0 aliphatic carbocycles. The Kier molecular flexibility index (Phi) is 5.23. The molecule has 4 heteroatoms. The van der Waals surface area contributed by atoms with E-state index in [0.29, 0.717) is 13.0 Å². The predicted molar refractivity (Wildman–Crippen MR) is 78.3 cm³/mol. The van der Waals surface area contributed by atoms with Gasteiger partial charge in [-0.05, 0) is 37.6 Å². The van der Waals surface area contributed by atoms with Crippen LogP contribution in [-0.2, 0) is 4.79 Å². The lowest BCUT2D eigenvalue weighted by atomic mass is 10.1. The van der Waals surface area contributed by atoms with Crippen molar-refractivity contribution in [2.45, 2.75) is 32.2 Å². The van der Waals surface area contributed by atoms with Crippen LogP contribution in [0.15, 0.2) is 24.3 Å². The third-order valence-corrected chi connectivity index (χ3v) is 4.00. The maximum absolute atomic E-state index is 11.5. The van der Waals surface area contributed by atoms with E-state index in [-0.39, 0.29) is 11.9 Å². The van der Waals surface area contributed by atoms with Gasteiger partial charge in [-0.3, -0.25) is 9.69 Å². The summed E-state index contributed by atoms with van der Waals surface area (Å²) in [6, 6.07) is 8.11. The van der Waals surface area contributed by atoms with Crippen LogP contribution in [0.25, 0.3) is 0 Å². The van der Waals surface area contributed by atoms with Gasteiger partial charge in [-0.1, -0.05) is 36.7 Å². The molecule has 19 heavy (non-hydrogen) atoms. The number of carbonyl (C=O) groups excluding carboxylic acids is 1. The normalized spacial score (nSPS) is 17.4. The van der Waals surface area contributed by atoms with Crippen molar-refractivity contribution >= 4 is 17.5 Å². The van der Waals surface area contributed by atoms with Crippen molar-refractivity contribution in [1.82, 2.24) is 10.2 Å². The molecule has 1 aromatic rings. The van der Waals surface area contributed by atoms with Gasteiger partial charge in [0.1, 0.15) is 0 Å². The number of hydrogen-bond donors (Lipinski definition) is 1. The van der Waals surface area contributed by atoms with Crippen molar-refractivity contribution in [2.75, 3.05) is 19.6 Å². The molecule has 104 valence electrons. The van der Waals surface area contributed by atoms with Crippen molar-refractivity contribution in [1.29, 1.82) is 0 Å². The number of nitrogens with one attached hydrogen (secondary N) is 1. The Morgan fingerprint density at radius 2 is 2.05 bits per heavy atom. The highest BCUT2D eigenvalue weighted by Gasteiger charge is 2.25. The molecule has 0 bridgehead atoms.